The number of aliphatic hydroxyl groups excluding tert-OH is 6. The topological polar surface area (TPSA) is 138 Å². The highest BCUT2D eigenvalue weighted by atomic mass is 16.3. The van der Waals surface area contributed by atoms with Crippen molar-refractivity contribution in [3.05, 3.63) is 378 Å². The van der Waals surface area contributed by atoms with E-state index in [1.54, 1.807) is 6.08 Å². The lowest BCUT2D eigenvalue weighted by Gasteiger charge is -2.38. The van der Waals surface area contributed by atoms with Gasteiger partial charge in [-0.25, -0.2) is 0 Å². The Morgan fingerprint density at radius 2 is 0.504 bits per heavy atom. The van der Waals surface area contributed by atoms with Gasteiger partial charge in [-0.15, -0.1) is 0 Å². The summed E-state index contributed by atoms with van der Waals surface area (Å²) < 4.78 is 0. The summed E-state index contributed by atoms with van der Waals surface area (Å²) >= 11 is 0. The molecule has 127 heavy (non-hydrogen) atoms. The van der Waals surface area contributed by atoms with Crippen LogP contribution in [0.5, 0.6) is 0 Å². The fourth-order valence-electron chi connectivity index (χ4n) is 18.5. The molecule has 7 nitrogen and oxygen atoms in total. The molecule has 0 amide bonds. The maximum absolute atomic E-state index is 12.9. The molecule has 6 N–H and O–H groups in total. The van der Waals surface area contributed by atoms with Gasteiger partial charge in [0.1, 0.15) is 0 Å². The zero-order chi connectivity index (χ0) is 95.4. The zero-order valence-corrected chi connectivity index (χ0v) is 84.2. The maximum Gasteiger partial charge on any atom is 0.162 e. The molecule has 8 atom stereocenters. The van der Waals surface area contributed by atoms with E-state index in [1.807, 2.05) is 56.4 Å². The van der Waals surface area contributed by atoms with Crippen LogP contribution in [0.4, 0.5) is 0 Å². The Morgan fingerprint density at radius 3 is 0.732 bits per heavy atom. The summed E-state index contributed by atoms with van der Waals surface area (Å²) in [6.07, 6.45) is 97.0. The van der Waals surface area contributed by atoms with Crippen molar-refractivity contribution in [2.24, 2.45) is 43.8 Å². The highest BCUT2D eigenvalue weighted by molar-refractivity contribution is 5.96. The van der Waals surface area contributed by atoms with Crippen LogP contribution in [0.15, 0.2) is 378 Å². The van der Waals surface area contributed by atoms with Gasteiger partial charge in [-0.3, -0.25) is 4.79 Å². The van der Waals surface area contributed by atoms with Gasteiger partial charge >= 0.3 is 0 Å². The van der Waals surface area contributed by atoms with E-state index in [0.717, 1.165) is 74.5 Å². The van der Waals surface area contributed by atoms with Crippen molar-refractivity contribution in [3.8, 4) is 0 Å². The van der Waals surface area contributed by atoms with Gasteiger partial charge in [0, 0.05) is 11.3 Å². The van der Waals surface area contributed by atoms with E-state index in [4.69, 9.17) is 0 Å². The van der Waals surface area contributed by atoms with Gasteiger partial charge in [-0.2, -0.15) is 0 Å². The number of allylic oxidation sites excluding steroid dienone is 59. The third-order valence-corrected chi connectivity index (χ3v) is 25.8. The average molecular weight is 1720 g/mol. The van der Waals surface area contributed by atoms with Crippen LogP contribution >= 0.6 is 0 Å². The lowest BCUT2D eigenvalue weighted by Crippen LogP contribution is -2.36. The normalized spacial score (nSPS) is 26.5. The van der Waals surface area contributed by atoms with Crippen LogP contribution in [0.25, 0.3) is 0 Å². The summed E-state index contributed by atoms with van der Waals surface area (Å²) in [5.41, 5.74) is 25.1. The van der Waals surface area contributed by atoms with Crippen molar-refractivity contribution in [2.75, 3.05) is 0 Å². The summed E-state index contributed by atoms with van der Waals surface area (Å²) in [4.78, 5) is 12.9. The van der Waals surface area contributed by atoms with E-state index >= 15 is 0 Å². The molecule has 0 aliphatic heterocycles. The molecule has 0 saturated heterocycles. The zero-order valence-electron chi connectivity index (χ0n) is 84.2. The van der Waals surface area contributed by atoms with Crippen LogP contribution in [0.1, 0.15) is 278 Å². The van der Waals surface area contributed by atoms with Gasteiger partial charge in [-0.05, 0) is 249 Å². The Morgan fingerprint density at radius 1 is 0.276 bits per heavy atom. The second kappa shape index (κ2) is 52.1. The average Bonchev–Trinajstić information content (AvgIpc) is 1.61. The monoisotopic (exact) mass is 1720 g/mol. The highest BCUT2D eigenvalue weighted by Gasteiger charge is 2.53. The van der Waals surface area contributed by atoms with Crippen LogP contribution in [0, 0.1) is 43.8 Å². The van der Waals surface area contributed by atoms with Crippen molar-refractivity contribution >= 4 is 5.78 Å². The number of aliphatic hydroxyl groups is 6. The lowest BCUT2D eigenvalue weighted by molar-refractivity contribution is -0.127. The van der Waals surface area contributed by atoms with Crippen LogP contribution in [0.2, 0.25) is 0 Å². The predicted octanol–water partition coefficient (Wildman–Crippen LogP) is 30.8. The molecule has 1 fully saturated rings. The Labute approximate surface area is 773 Å². The van der Waals surface area contributed by atoms with E-state index in [2.05, 4.69) is 407 Å². The van der Waals surface area contributed by atoms with E-state index in [1.165, 1.54) is 100 Å². The van der Waals surface area contributed by atoms with Crippen molar-refractivity contribution in [1.82, 2.24) is 0 Å². The minimum absolute atomic E-state index is 0.00528. The molecule has 0 radical (unpaired) electrons. The number of ketones is 1. The first-order valence-corrected chi connectivity index (χ1v) is 46.5. The Kier molecular flexibility index (Phi) is 45.3. The third kappa shape index (κ3) is 39.5. The summed E-state index contributed by atoms with van der Waals surface area (Å²) in [6.45, 7) is 64.1. The van der Waals surface area contributed by atoms with Crippen LogP contribution in [0.3, 0.4) is 0 Å². The largest absolute Gasteiger partial charge is 0.393 e. The van der Waals surface area contributed by atoms with Gasteiger partial charge < -0.3 is 30.6 Å². The van der Waals surface area contributed by atoms with Crippen LogP contribution in [-0.4, -0.2) is 73.0 Å². The first kappa shape index (κ1) is 110. The van der Waals surface area contributed by atoms with Gasteiger partial charge in [0.15, 0.2) is 5.78 Å². The van der Waals surface area contributed by atoms with Crippen molar-refractivity contribution < 1.29 is 35.4 Å². The molecule has 1 saturated carbocycles. The Bertz CT molecular complexity index is 4740. The van der Waals surface area contributed by atoms with Crippen LogP contribution < -0.4 is 0 Å². The standard InChI is InChI=1S/C40H56O3.2C40H56O2/c1-29(17-13-19-31(3)21-23-36-33(5)25-34(41)26-38(36,6)7)15-11-12-16-30(2)18-14-20-32(4)22-24-37(43)40(10)28-35(42)27-39(40,8)9;2*1-29(17-13-19-31(3)21-23-37-33(5)25-35(41)27-39(37,7)8)15-11-12-16-30(2)18-14-20-32(4)22-24-38-34(6)26-36(42)28-40(38,9)10/h11-24,34-35,41-42H,25-28H2,1-10H3;11-24,35-36,41-42H,25-28H2,1-10H3;11-25,35-37,41-42H,26-28H2,1-10H3/b3*12-11+,17-13+,18-14+,23-21+,24-22+,29-15+,30-16+,31-19+,32-20+/t34-,35+,40+;35-,36-;35-,36+,37-/m110/s1. The van der Waals surface area contributed by atoms with Gasteiger partial charge in [-0.1, -0.05) is 440 Å². The van der Waals surface area contributed by atoms with E-state index in [9.17, 15) is 35.4 Å². The number of hydrogen-bond donors (Lipinski definition) is 6. The molecular weight excluding hydrogens is 1550 g/mol. The highest BCUT2D eigenvalue weighted by Crippen LogP contribution is 2.54. The number of rotatable bonds is 31. The molecule has 0 aromatic rings. The molecule has 0 heterocycles. The summed E-state index contributed by atoms with van der Waals surface area (Å²) in [7, 11) is 0. The predicted molar refractivity (Wildman–Crippen MR) is 553 cm³/mol. The van der Waals surface area contributed by atoms with Crippen molar-refractivity contribution in [3.63, 3.8) is 0 Å². The molecule has 0 spiro atoms. The first-order valence-electron chi connectivity index (χ1n) is 46.5. The Hall–Kier alpha value is -8.89. The second-order valence-corrected chi connectivity index (χ2v) is 41.6. The van der Waals surface area contributed by atoms with Gasteiger partial charge in [0.25, 0.3) is 0 Å². The van der Waals surface area contributed by atoms with Gasteiger partial charge in [0.05, 0.1) is 36.6 Å². The SMILES string of the molecule is CC1=C(/C=C/C(C)=C/C=C/C(C)=C/C=C/C=C(C)/C=C/C=C(C)/C=C/C(=O)[C@]2(C)C[C@@H](O)CC2(C)C)C(C)(C)C[C@H](O)C1.CC1=C(/C=C/C(C)=C/C=C/C(C)=C/C=C/C=C(C)/C=C/C=C(C)/C=C/C2=C(C)C[C@@H](O)CC2(C)C)C(C)(C)C[C@H](O)C1.CC1=C[C@H](O)CC(C)(C)[C@H]1/C=C/C(C)=C/C=C/C(C)=C/C=C/C=C(C)/C=C/C=C(C)/C=C/C1=C(C)C[C@@H](O)CC1(C)C. The summed E-state index contributed by atoms with van der Waals surface area (Å²) in [6, 6.07) is 0. The molecule has 0 bridgehead atoms. The molecule has 0 aromatic carbocycles. The fraction of sp³-hybridized carbons (Fsp3) is 0.458. The molecule has 690 valence electrons. The molecule has 0 aromatic heterocycles. The molecule has 6 rings (SSSR count). The fourth-order valence-corrected chi connectivity index (χ4v) is 18.5. The van der Waals surface area contributed by atoms with E-state index in [0.29, 0.717) is 18.8 Å². The molecule has 0 unspecified atom stereocenters. The summed E-state index contributed by atoms with van der Waals surface area (Å²) in [5, 5.41) is 60.6. The quantitative estimate of drug-likeness (QED) is 0.0231. The summed E-state index contributed by atoms with van der Waals surface area (Å²) in [5.74, 6) is 0.433. The Balaban J connectivity index is 0.000000399. The number of carbonyl (C=O) groups excluding carboxylic acids is 1. The number of hydrogen-bond acceptors (Lipinski definition) is 7. The minimum atomic E-state index is -0.532. The van der Waals surface area contributed by atoms with Gasteiger partial charge in [0.2, 0.25) is 0 Å². The molecule has 6 aliphatic carbocycles. The smallest absolute Gasteiger partial charge is 0.162 e. The maximum atomic E-state index is 12.9. The number of carbonyl (C=O) groups is 1. The van der Waals surface area contributed by atoms with E-state index < -0.39 is 11.5 Å². The molecule has 6 aliphatic rings. The first-order chi connectivity index (χ1) is 59.2. The third-order valence-electron chi connectivity index (χ3n) is 25.8. The second-order valence-electron chi connectivity index (χ2n) is 41.6. The minimum Gasteiger partial charge on any atom is -0.393 e. The van der Waals surface area contributed by atoms with Crippen LogP contribution in [-0.2, 0) is 4.79 Å². The van der Waals surface area contributed by atoms with E-state index in [-0.39, 0.29) is 68.8 Å². The van der Waals surface area contributed by atoms with Crippen molar-refractivity contribution in [1.29, 1.82) is 0 Å². The molecule has 7 heteroatoms. The molecular formula is C120H168O7. The lowest BCUT2D eigenvalue weighted by atomic mass is 9.66. The van der Waals surface area contributed by atoms with Crippen molar-refractivity contribution in [2.45, 2.75) is 315 Å².